The van der Waals surface area contributed by atoms with E-state index in [0.29, 0.717) is 13.8 Å². The van der Waals surface area contributed by atoms with E-state index in [9.17, 15) is 40.3 Å². The highest BCUT2D eigenvalue weighted by Gasteiger charge is 2.79. The molecule has 0 N–H and O–H groups in total. The molecule has 151 valence electrons. The van der Waals surface area contributed by atoms with Crippen LogP contribution in [0.5, 0.6) is 0 Å². The van der Waals surface area contributed by atoms with Crippen LogP contribution in [0.1, 0.15) is 13.8 Å². The molecular formula is C10H16F8NO5Si. The molecule has 0 amide bonds. The van der Waals surface area contributed by atoms with Gasteiger partial charge in [-0.15, -0.1) is 5.21 Å². The zero-order valence-electron chi connectivity index (χ0n) is 13.6. The fourth-order valence-corrected chi connectivity index (χ4v) is 2.97. The van der Waals surface area contributed by atoms with Gasteiger partial charge in [-0.05, 0) is 13.8 Å². The van der Waals surface area contributed by atoms with Crippen molar-refractivity contribution in [3.8, 4) is 0 Å². The van der Waals surface area contributed by atoms with Crippen LogP contribution in [-0.2, 0) is 22.9 Å². The van der Waals surface area contributed by atoms with Gasteiger partial charge in [-0.3, -0.25) is 0 Å². The van der Waals surface area contributed by atoms with Crippen LogP contribution in [0.2, 0.25) is 0 Å². The number of hydrogen-bond acceptors (Lipinski definition) is 5. The molecule has 0 bridgehead atoms. The molecule has 0 aliphatic carbocycles. The Labute approximate surface area is 138 Å². The van der Waals surface area contributed by atoms with E-state index in [0.717, 1.165) is 21.3 Å². The fraction of sp³-hybridized carbons (Fsp3) is 1.00. The number of hydroxylamine groups is 2. The largest absolute Gasteiger partial charge is 0.680 e. The molecule has 0 aliphatic heterocycles. The van der Waals surface area contributed by atoms with Crippen LogP contribution in [0.4, 0.5) is 35.1 Å². The summed E-state index contributed by atoms with van der Waals surface area (Å²) in [7, 11) is -1.56. The highest BCUT2D eigenvalue weighted by Crippen LogP contribution is 2.51. The molecule has 1 radical (unpaired) electrons. The lowest BCUT2D eigenvalue weighted by molar-refractivity contribution is -0.472. The summed E-state index contributed by atoms with van der Waals surface area (Å²) in [6.07, 6.45) is -5.16. The predicted molar refractivity (Wildman–Crippen MR) is 65.3 cm³/mol. The van der Waals surface area contributed by atoms with Gasteiger partial charge in [0, 0.05) is 21.3 Å². The molecule has 0 spiro atoms. The van der Waals surface area contributed by atoms with Crippen molar-refractivity contribution in [2.75, 3.05) is 21.3 Å². The molecule has 0 unspecified atom stereocenters. The highest BCUT2D eigenvalue weighted by molar-refractivity contribution is 6.53. The lowest BCUT2D eigenvalue weighted by Crippen LogP contribution is -2.69. The third-order valence-corrected chi connectivity index (χ3v) is 5.19. The second kappa shape index (κ2) is 7.57. The summed E-state index contributed by atoms with van der Waals surface area (Å²) in [5, 5.41) is 9.79. The van der Waals surface area contributed by atoms with Crippen molar-refractivity contribution in [2.45, 2.75) is 43.9 Å². The molecule has 0 aromatic carbocycles. The van der Waals surface area contributed by atoms with E-state index >= 15 is 0 Å². The van der Waals surface area contributed by atoms with Gasteiger partial charge in [0.1, 0.15) is 5.72 Å². The summed E-state index contributed by atoms with van der Waals surface area (Å²) in [6, 6.07) is -6.29. The van der Waals surface area contributed by atoms with E-state index in [1.54, 1.807) is 0 Å². The Morgan fingerprint density at radius 2 is 1.24 bits per heavy atom. The average Bonchev–Trinajstić information content (AvgIpc) is 2.51. The van der Waals surface area contributed by atoms with E-state index in [1.165, 1.54) is 0 Å². The predicted octanol–water partition coefficient (Wildman–Crippen LogP) is 2.89. The van der Waals surface area contributed by atoms with Crippen LogP contribution in [-0.4, -0.2) is 65.5 Å². The first-order chi connectivity index (χ1) is 11.0. The normalized spacial score (nSPS) is 15.4. The Kier molecular flexibility index (Phi) is 7.40. The van der Waals surface area contributed by atoms with Crippen LogP contribution >= 0.6 is 0 Å². The van der Waals surface area contributed by atoms with Crippen LogP contribution in [0.25, 0.3) is 0 Å². The van der Waals surface area contributed by atoms with Gasteiger partial charge < -0.3 is 17.7 Å². The molecule has 0 saturated heterocycles. The van der Waals surface area contributed by atoms with Crippen LogP contribution in [0.15, 0.2) is 0 Å². The van der Waals surface area contributed by atoms with E-state index in [1.807, 2.05) is 0 Å². The Bertz CT molecular complexity index is 441. The standard InChI is InChI=1S/C10H16F8NO5Si/c1-7(2,24-25(21-3,22-4)23-5)19(20)10(17,18)9(15,16)8(13,14)6(11)12/h6H,1-5H3. The van der Waals surface area contributed by atoms with Crippen LogP contribution in [0.3, 0.4) is 0 Å². The SMILES string of the molecule is CO[Si](OC)(OC)OC(C)(C)N([O])C(F)(F)C(F)(F)C(F)(F)C(F)F. The number of hydrogen-bond donors (Lipinski definition) is 0. The Morgan fingerprint density at radius 3 is 1.52 bits per heavy atom. The molecule has 0 rings (SSSR count). The number of rotatable bonds is 10. The lowest BCUT2D eigenvalue weighted by Gasteiger charge is -2.42. The molecular weight excluding hydrogens is 394 g/mol. The first kappa shape index (κ1) is 24.4. The lowest BCUT2D eigenvalue weighted by atomic mass is 10.1. The molecule has 0 heterocycles. The quantitative estimate of drug-likeness (QED) is 0.182. The van der Waals surface area contributed by atoms with Gasteiger partial charge >= 0.3 is 33.4 Å². The number of nitrogens with zero attached hydrogens (tertiary/aromatic N) is 1. The van der Waals surface area contributed by atoms with Gasteiger partial charge in [0.15, 0.2) is 0 Å². The summed E-state index contributed by atoms with van der Waals surface area (Å²) < 4.78 is 123. The van der Waals surface area contributed by atoms with Crippen LogP contribution < -0.4 is 0 Å². The van der Waals surface area contributed by atoms with Crippen molar-refractivity contribution in [1.82, 2.24) is 5.06 Å². The van der Waals surface area contributed by atoms with Gasteiger partial charge in [-0.2, -0.15) is 26.3 Å². The van der Waals surface area contributed by atoms with Gasteiger partial charge in [-0.1, -0.05) is 5.06 Å². The van der Waals surface area contributed by atoms with Crippen molar-refractivity contribution >= 4 is 9.05 Å². The first-order valence-electron chi connectivity index (χ1n) is 6.23. The van der Waals surface area contributed by atoms with Gasteiger partial charge in [0.05, 0.1) is 0 Å². The summed E-state index contributed by atoms with van der Waals surface area (Å²) in [4.78, 5) is 0. The second-order valence-electron chi connectivity index (χ2n) is 4.99. The summed E-state index contributed by atoms with van der Waals surface area (Å²) in [5.74, 6) is -13.2. The van der Waals surface area contributed by atoms with Gasteiger partial charge in [0.2, 0.25) is 0 Å². The smallest absolute Gasteiger partial charge is 0.355 e. The second-order valence-corrected chi connectivity index (χ2v) is 7.42. The molecule has 15 heteroatoms. The first-order valence-corrected chi connectivity index (χ1v) is 7.87. The minimum absolute atomic E-state index is 0.476. The maximum atomic E-state index is 13.7. The Hall–Kier alpha value is -0.583. The average molecular weight is 410 g/mol. The van der Waals surface area contributed by atoms with Crippen molar-refractivity contribution in [1.29, 1.82) is 0 Å². The fourth-order valence-electron chi connectivity index (χ4n) is 1.53. The van der Waals surface area contributed by atoms with E-state index in [-0.39, 0.29) is 0 Å². The summed E-state index contributed by atoms with van der Waals surface area (Å²) in [6.45, 7) is 0.951. The maximum absolute atomic E-state index is 13.7. The molecule has 0 aromatic rings. The van der Waals surface area contributed by atoms with Crippen molar-refractivity contribution in [2.24, 2.45) is 0 Å². The maximum Gasteiger partial charge on any atom is 0.680 e. The monoisotopic (exact) mass is 410 g/mol. The van der Waals surface area contributed by atoms with E-state index in [2.05, 4.69) is 13.3 Å². The summed E-state index contributed by atoms with van der Waals surface area (Å²) in [5.41, 5.74) is -3.00. The highest BCUT2D eigenvalue weighted by atomic mass is 28.4. The number of halogens is 8. The molecule has 0 fully saturated rings. The third-order valence-electron chi connectivity index (χ3n) is 2.94. The molecule has 0 atom stereocenters. The third kappa shape index (κ3) is 4.23. The molecule has 0 aromatic heterocycles. The topological polar surface area (TPSA) is 60.1 Å². The van der Waals surface area contributed by atoms with E-state index < -0.39 is 44.2 Å². The Morgan fingerprint density at radius 1 is 0.880 bits per heavy atom. The minimum Gasteiger partial charge on any atom is -0.355 e. The molecule has 25 heavy (non-hydrogen) atoms. The van der Waals surface area contributed by atoms with Gasteiger partial charge in [0.25, 0.3) is 0 Å². The Balaban J connectivity index is 5.86. The van der Waals surface area contributed by atoms with Crippen molar-refractivity contribution in [3.05, 3.63) is 0 Å². The summed E-state index contributed by atoms with van der Waals surface area (Å²) >= 11 is 0. The van der Waals surface area contributed by atoms with Crippen LogP contribution in [0, 0.1) is 0 Å². The van der Waals surface area contributed by atoms with Crippen molar-refractivity contribution < 1.29 is 58.0 Å². The van der Waals surface area contributed by atoms with Crippen molar-refractivity contribution in [3.63, 3.8) is 0 Å². The zero-order chi connectivity index (χ0) is 20.5. The minimum atomic E-state index is -6.73. The molecule has 6 nitrogen and oxygen atoms in total. The number of alkyl halides is 8. The zero-order valence-corrected chi connectivity index (χ0v) is 14.6. The molecule has 0 saturated carbocycles. The van der Waals surface area contributed by atoms with Gasteiger partial charge in [-0.25, -0.2) is 8.78 Å². The van der Waals surface area contributed by atoms with E-state index in [4.69, 9.17) is 4.43 Å². The molecule has 0 aliphatic rings.